The summed E-state index contributed by atoms with van der Waals surface area (Å²) < 4.78 is 11.1. The first-order valence-electron chi connectivity index (χ1n) is 4.98. The summed E-state index contributed by atoms with van der Waals surface area (Å²) in [6, 6.07) is 10.4. The number of hydrogen-bond donors (Lipinski definition) is 0. The van der Waals surface area contributed by atoms with Gasteiger partial charge in [-0.1, -0.05) is 30.3 Å². The molecule has 0 radical (unpaired) electrons. The minimum absolute atomic E-state index is 0.381. The number of rotatable bonds is 6. The Hall–Kier alpha value is -1.26. The summed E-state index contributed by atoms with van der Waals surface area (Å²) in [5.74, 6) is 0. The molecule has 0 bridgehead atoms. The fourth-order valence-corrected chi connectivity index (χ4v) is 4.05. The van der Waals surface area contributed by atoms with Crippen molar-refractivity contribution < 1.29 is 13.6 Å². The lowest BCUT2D eigenvalue weighted by Gasteiger charge is -2.26. The van der Waals surface area contributed by atoms with Crippen molar-refractivity contribution in [3.8, 4) is 0 Å². The molecule has 0 saturated heterocycles. The zero-order chi connectivity index (χ0) is 11.9. The van der Waals surface area contributed by atoms with Crippen molar-refractivity contribution in [2.75, 3.05) is 20.8 Å². The van der Waals surface area contributed by atoms with Crippen LogP contribution in [0.15, 0.2) is 35.3 Å². The monoisotopic (exact) mass is 237 g/mol. The van der Waals surface area contributed by atoms with Crippen molar-refractivity contribution in [1.29, 1.82) is 0 Å². The van der Waals surface area contributed by atoms with Gasteiger partial charge in [0.25, 0.3) is 0 Å². The fraction of sp³-hybridized carbons (Fsp3) is 0.364. The van der Waals surface area contributed by atoms with E-state index in [9.17, 15) is 4.79 Å². The minimum Gasteiger partial charge on any atom is -0.394 e. The summed E-state index contributed by atoms with van der Waals surface area (Å²) in [5.41, 5.74) is 0. The summed E-state index contributed by atoms with van der Waals surface area (Å²) >= 11 is 0. The maximum atomic E-state index is 10.0. The summed E-state index contributed by atoms with van der Waals surface area (Å²) in [5, 5.41) is 1.04. The molecule has 0 atom stereocenters. The Kier molecular flexibility index (Phi) is 5.08. The van der Waals surface area contributed by atoms with Crippen LogP contribution in [0, 0.1) is 0 Å². The summed E-state index contributed by atoms with van der Waals surface area (Å²) in [6.07, 6.45) is 1.53. The van der Waals surface area contributed by atoms with Crippen molar-refractivity contribution in [3.05, 3.63) is 30.3 Å². The molecule has 0 spiro atoms. The van der Waals surface area contributed by atoms with Gasteiger partial charge in [-0.25, -0.2) is 9.79 Å². The van der Waals surface area contributed by atoms with E-state index < -0.39 is 8.56 Å². The Morgan fingerprint density at radius 1 is 1.25 bits per heavy atom. The van der Waals surface area contributed by atoms with Crippen LogP contribution in [0.2, 0.25) is 6.04 Å². The number of hydrogen-bond acceptors (Lipinski definition) is 4. The highest BCUT2D eigenvalue weighted by Gasteiger charge is 2.37. The molecule has 1 aromatic carbocycles. The van der Waals surface area contributed by atoms with Crippen molar-refractivity contribution in [2.45, 2.75) is 6.04 Å². The largest absolute Gasteiger partial charge is 0.394 e. The molecule has 86 valence electrons. The molecule has 0 unspecified atom stereocenters. The highest BCUT2D eigenvalue weighted by atomic mass is 28.4. The average Bonchev–Trinajstić information content (AvgIpc) is 2.36. The molecular weight excluding hydrogens is 222 g/mol. The second kappa shape index (κ2) is 6.35. The van der Waals surface area contributed by atoms with Crippen LogP contribution in [0.5, 0.6) is 0 Å². The van der Waals surface area contributed by atoms with Gasteiger partial charge in [0.15, 0.2) is 0 Å². The number of nitrogens with zero attached hydrogens (tertiary/aromatic N) is 1. The number of benzene rings is 1. The molecule has 1 aromatic rings. The average molecular weight is 237 g/mol. The van der Waals surface area contributed by atoms with Gasteiger partial charge in [-0.3, -0.25) is 0 Å². The third-order valence-electron chi connectivity index (χ3n) is 2.49. The molecule has 0 aliphatic rings. The number of isocyanates is 1. The van der Waals surface area contributed by atoms with Crippen molar-refractivity contribution >= 4 is 19.8 Å². The summed E-state index contributed by atoms with van der Waals surface area (Å²) in [6.45, 7) is 0.381. The lowest BCUT2D eigenvalue weighted by Crippen LogP contribution is -2.52. The van der Waals surface area contributed by atoms with E-state index in [1.54, 1.807) is 14.2 Å². The predicted octanol–water partition coefficient (Wildman–Crippen LogP) is 0.964. The second-order valence-corrected chi connectivity index (χ2v) is 6.65. The van der Waals surface area contributed by atoms with Crippen LogP contribution in [0.25, 0.3) is 0 Å². The molecule has 0 aliphatic carbocycles. The molecule has 0 aliphatic heterocycles. The third-order valence-corrected chi connectivity index (χ3v) is 5.90. The van der Waals surface area contributed by atoms with Gasteiger partial charge in [-0.2, -0.15) is 0 Å². The zero-order valence-electron chi connectivity index (χ0n) is 9.47. The van der Waals surface area contributed by atoms with Crippen LogP contribution < -0.4 is 5.19 Å². The minimum atomic E-state index is -2.43. The van der Waals surface area contributed by atoms with Crippen molar-refractivity contribution in [3.63, 3.8) is 0 Å². The van der Waals surface area contributed by atoms with E-state index in [0.717, 1.165) is 5.19 Å². The molecule has 0 aromatic heterocycles. The molecule has 16 heavy (non-hydrogen) atoms. The van der Waals surface area contributed by atoms with Gasteiger partial charge in [0.2, 0.25) is 6.08 Å². The quantitative estimate of drug-likeness (QED) is 0.421. The lowest BCUT2D eigenvalue weighted by atomic mass is 10.4. The smallest absolute Gasteiger partial charge is 0.373 e. The summed E-state index contributed by atoms with van der Waals surface area (Å²) in [7, 11) is 0.835. The van der Waals surface area contributed by atoms with E-state index in [1.807, 2.05) is 30.3 Å². The fourth-order valence-electron chi connectivity index (χ4n) is 1.61. The normalized spacial score (nSPS) is 10.9. The van der Waals surface area contributed by atoms with Gasteiger partial charge in [-0.05, 0) is 5.19 Å². The Balaban J connectivity index is 2.91. The Bertz CT molecular complexity index is 359. The van der Waals surface area contributed by atoms with Gasteiger partial charge in [0.05, 0.1) is 6.54 Å². The molecule has 0 N–H and O–H groups in total. The van der Waals surface area contributed by atoms with Gasteiger partial charge in [0, 0.05) is 20.3 Å². The van der Waals surface area contributed by atoms with E-state index in [1.165, 1.54) is 6.08 Å². The van der Waals surface area contributed by atoms with E-state index in [-0.39, 0.29) is 0 Å². The molecule has 1 rings (SSSR count). The molecule has 4 nitrogen and oxygen atoms in total. The van der Waals surface area contributed by atoms with E-state index in [2.05, 4.69) is 4.99 Å². The third kappa shape index (κ3) is 2.87. The molecular formula is C11H15NO3Si. The van der Waals surface area contributed by atoms with Gasteiger partial charge in [-0.15, -0.1) is 0 Å². The first kappa shape index (κ1) is 12.8. The van der Waals surface area contributed by atoms with Gasteiger partial charge in [0.1, 0.15) is 0 Å². The first-order valence-corrected chi connectivity index (χ1v) is 7.01. The first-order chi connectivity index (χ1) is 7.79. The standard InChI is InChI=1S/C11H15NO3Si/c1-14-16(15-2,9-8-12-10-13)11-6-4-3-5-7-11/h3-7H,8-9H2,1-2H3. The highest BCUT2D eigenvalue weighted by molar-refractivity contribution is 6.81. The highest BCUT2D eigenvalue weighted by Crippen LogP contribution is 2.12. The van der Waals surface area contributed by atoms with E-state index >= 15 is 0 Å². The number of aliphatic imine (C=N–C) groups is 1. The zero-order valence-corrected chi connectivity index (χ0v) is 10.5. The topological polar surface area (TPSA) is 47.9 Å². The van der Waals surface area contributed by atoms with E-state index in [4.69, 9.17) is 8.85 Å². The summed E-state index contributed by atoms with van der Waals surface area (Å²) in [4.78, 5) is 13.6. The van der Waals surface area contributed by atoms with Gasteiger partial charge < -0.3 is 8.85 Å². The van der Waals surface area contributed by atoms with Crippen LogP contribution in [0.4, 0.5) is 0 Å². The predicted molar refractivity (Wildman–Crippen MR) is 63.6 cm³/mol. The van der Waals surface area contributed by atoms with Crippen molar-refractivity contribution in [1.82, 2.24) is 0 Å². The molecule has 0 heterocycles. The Morgan fingerprint density at radius 2 is 1.88 bits per heavy atom. The van der Waals surface area contributed by atoms with Crippen LogP contribution in [0.3, 0.4) is 0 Å². The molecule has 5 heteroatoms. The maximum absolute atomic E-state index is 10.0. The SMILES string of the molecule is CO[Si](CCN=C=O)(OC)c1ccccc1. The second-order valence-electron chi connectivity index (χ2n) is 3.25. The molecule has 0 saturated carbocycles. The van der Waals surface area contributed by atoms with Crippen LogP contribution >= 0.6 is 0 Å². The molecule has 0 amide bonds. The van der Waals surface area contributed by atoms with E-state index in [0.29, 0.717) is 12.6 Å². The van der Waals surface area contributed by atoms with Crippen LogP contribution in [-0.2, 0) is 13.6 Å². The van der Waals surface area contributed by atoms with Crippen LogP contribution in [0.1, 0.15) is 0 Å². The number of carbonyl (C=O) groups excluding carboxylic acids is 1. The van der Waals surface area contributed by atoms with Crippen molar-refractivity contribution in [2.24, 2.45) is 4.99 Å². The molecule has 0 fully saturated rings. The maximum Gasteiger partial charge on any atom is 0.373 e. The Morgan fingerprint density at radius 3 is 2.38 bits per heavy atom. The lowest BCUT2D eigenvalue weighted by molar-refractivity contribution is 0.258. The van der Waals surface area contributed by atoms with Crippen LogP contribution in [-0.4, -0.2) is 35.4 Å². The van der Waals surface area contributed by atoms with Gasteiger partial charge >= 0.3 is 8.56 Å². The Labute approximate surface area is 96.2 Å².